The van der Waals surface area contributed by atoms with Gasteiger partial charge in [0, 0.05) is 5.56 Å². The van der Waals surface area contributed by atoms with Gasteiger partial charge in [0.05, 0.1) is 0 Å². The molecule has 0 aromatic heterocycles. The highest BCUT2D eigenvalue weighted by Crippen LogP contribution is 2.29. The maximum atomic E-state index is 11.6. The van der Waals surface area contributed by atoms with E-state index in [1.807, 2.05) is 32.9 Å². The summed E-state index contributed by atoms with van der Waals surface area (Å²) in [4.78, 5) is 15.2. The largest absolute Gasteiger partial charge is 0.447 e. The van der Waals surface area contributed by atoms with Crippen LogP contribution in [0.2, 0.25) is 0 Å². The molecule has 4 heteroatoms. The predicted octanol–water partition coefficient (Wildman–Crippen LogP) is 1.52. The topological polar surface area (TPSA) is 64.7 Å². The van der Waals surface area contributed by atoms with Crippen molar-refractivity contribution in [3.05, 3.63) is 34.4 Å². The van der Waals surface area contributed by atoms with Gasteiger partial charge in [-0.05, 0) is 31.9 Å². The first-order chi connectivity index (χ1) is 7.49. The summed E-state index contributed by atoms with van der Waals surface area (Å²) in [5, 5.41) is 0. The first-order valence-electron chi connectivity index (χ1n) is 5.11. The Balaban J connectivity index is 2.46. The van der Waals surface area contributed by atoms with Gasteiger partial charge in [0.1, 0.15) is 0 Å². The summed E-state index contributed by atoms with van der Waals surface area (Å²) in [6.45, 7) is 5.94. The number of ether oxygens (including phenoxy) is 1. The van der Waals surface area contributed by atoms with Gasteiger partial charge in [-0.2, -0.15) is 4.99 Å². The SMILES string of the molecule is Cc1cc(C)c(C2OC(N)=NC2=O)c(C)c1. The van der Waals surface area contributed by atoms with E-state index in [1.54, 1.807) is 0 Å². The minimum absolute atomic E-state index is 0.0469. The van der Waals surface area contributed by atoms with Gasteiger partial charge in [-0.1, -0.05) is 17.7 Å². The summed E-state index contributed by atoms with van der Waals surface area (Å²) < 4.78 is 5.24. The van der Waals surface area contributed by atoms with Crippen molar-refractivity contribution < 1.29 is 9.53 Å². The van der Waals surface area contributed by atoms with Crippen LogP contribution in [0.3, 0.4) is 0 Å². The van der Waals surface area contributed by atoms with Crippen LogP contribution >= 0.6 is 0 Å². The van der Waals surface area contributed by atoms with Crippen LogP contribution in [0.1, 0.15) is 28.4 Å². The molecule has 2 rings (SSSR count). The number of carbonyl (C=O) groups is 1. The van der Waals surface area contributed by atoms with Crippen LogP contribution in [0.15, 0.2) is 17.1 Å². The molecule has 1 unspecified atom stereocenters. The van der Waals surface area contributed by atoms with E-state index in [2.05, 4.69) is 4.99 Å². The van der Waals surface area contributed by atoms with E-state index in [0.29, 0.717) is 0 Å². The van der Waals surface area contributed by atoms with Gasteiger partial charge in [0.15, 0.2) is 0 Å². The van der Waals surface area contributed by atoms with E-state index in [1.165, 1.54) is 0 Å². The van der Waals surface area contributed by atoms with Gasteiger partial charge < -0.3 is 10.5 Å². The number of benzene rings is 1. The Morgan fingerprint density at radius 2 is 1.81 bits per heavy atom. The number of amides is 1. The van der Waals surface area contributed by atoms with Crippen molar-refractivity contribution in [3.8, 4) is 0 Å². The number of hydrogen-bond donors (Lipinski definition) is 1. The van der Waals surface area contributed by atoms with Gasteiger partial charge in [-0.25, -0.2) is 0 Å². The summed E-state index contributed by atoms with van der Waals surface area (Å²) in [5.74, 6) is -0.326. The third-order valence-electron chi connectivity index (χ3n) is 2.68. The van der Waals surface area contributed by atoms with Crippen LogP contribution in [0.5, 0.6) is 0 Å². The number of amidine groups is 1. The zero-order valence-electron chi connectivity index (χ0n) is 9.57. The van der Waals surface area contributed by atoms with Crippen molar-refractivity contribution in [2.75, 3.05) is 0 Å². The van der Waals surface area contributed by atoms with Gasteiger partial charge in [0.25, 0.3) is 11.9 Å². The summed E-state index contributed by atoms with van der Waals surface area (Å²) in [7, 11) is 0. The molecule has 0 fully saturated rings. The Kier molecular flexibility index (Phi) is 2.42. The molecule has 1 aliphatic heterocycles. The fourth-order valence-corrected chi connectivity index (χ4v) is 2.15. The molecule has 1 heterocycles. The Morgan fingerprint density at radius 3 is 2.25 bits per heavy atom. The molecule has 1 amide bonds. The highest BCUT2D eigenvalue weighted by atomic mass is 16.5. The first-order valence-corrected chi connectivity index (χ1v) is 5.11. The maximum absolute atomic E-state index is 11.6. The lowest BCUT2D eigenvalue weighted by Gasteiger charge is -2.15. The summed E-state index contributed by atoms with van der Waals surface area (Å²) in [5.41, 5.74) is 9.49. The minimum Gasteiger partial charge on any atom is -0.447 e. The summed E-state index contributed by atoms with van der Waals surface area (Å²) in [6, 6.07) is 4.00. The smallest absolute Gasteiger partial charge is 0.296 e. The normalized spacial score (nSPS) is 19.6. The van der Waals surface area contributed by atoms with Gasteiger partial charge in [-0.15, -0.1) is 0 Å². The lowest BCUT2D eigenvalue weighted by molar-refractivity contribution is -0.122. The average molecular weight is 218 g/mol. The van der Waals surface area contributed by atoms with E-state index in [4.69, 9.17) is 10.5 Å². The van der Waals surface area contributed by atoms with Crippen molar-refractivity contribution in [3.63, 3.8) is 0 Å². The molecule has 1 aromatic carbocycles. The highest BCUT2D eigenvalue weighted by molar-refractivity contribution is 5.98. The standard InChI is InChI=1S/C12H14N2O2/c1-6-4-7(2)9(8(3)5-6)10-11(15)14-12(13)16-10/h4-5,10H,1-3H3,(H2,13,14,15). The Hall–Kier alpha value is -1.84. The summed E-state index contributed by atoms with van der Waals surface area (Å²) >= 11 is 0. The molecule has 1 aliphatic rings. The number of rotatable bonds is 1. The molecule has 0 aliphatic carbocycles. The number of carbonyl (C=O) groups excluding carboxylic acids is 1. The first kappa shape index (κ1) is 10.7. The second-order valence-corrected chi connectivity index (χ2v) is 4.10. The lowest BCUT2D eigenvalue weighted by atomic mass is 9.95. The Bertz CT molecular complexity index is 469. The molecule has 0 bridgehead atoms. The van der Waals surface area contributed by atoms with E-state index < -0.39 is 6.10 Å². The molecule has 0 saturated heterocycles. The number of aliphatic imine (C=N–C) groups is 1. The number of hydrogen-bond acceptors (Lipinski definition) is 3. The fourth-order valence-electron chi connectivity index (χ4n) is 2.15. The third-order valence-corrected chi connectivity index (χ3v) is 2.68. The quantitative estimate of drug-likeness (QED) is 0.777. The molecule has 4 nitrogen and oxygen atoms in total. The van der Waals surface area contributed by atoms with E-state index in [-0.39, 0.29) is 11.9 Å². The van der Waals surface area contributed by atoms with Crippen molar-refractivity contribution in [1.29, 1.82) is 0 Å². The molecule has 0 saturated carbocycles. The third kappa shape index (κ3) is 1.66. The van der Waals surface area contributed by atoms with Crippen molar-refractivity contribution in [2.45, 2.75) is 26.9 Å². The van der Waals surface area contributed by atoms with Crippen LogP contribution in [0.25, 0.3) is 0 Å². The molecule has 16 heavy (non-hydrogen) atoms. The molecule has 2 N–H and O–H groups in total. The maximum Gasteiger partial charge on any atom is 0.296 e. The van der Waals surface area contributed by atoms with Crippen LogP contribution in [-0.2, 0) is 9.53 Å². The Morgan fingerprint density at radius 1 is 1.25 bits per heavy atom. The molecule has 0 radical (unpaired) electrons. The van der Waals surface area contributed by atoms with Gasteiger partial charge >= 0.3 is 0 Å². The fraction of sp³-hybridized carbons (Fsp3) is 0.333. The van der Waals surface area contributed by atoms with Crippen molar-refractivity contribution in [2.24, 2.45) is 10.7 Å². The highest BCUT2D eigenvalue weighted by Gasteiger charge is 2.31. The molecule has 84 valence electrons. The molecule has 1 aromatic rings. The van der Waals surface area contributed by atoms with E-state index in [9.17, 15) is 4.79 Å². The van der Waals surface area contributed by atoms with Crippen molar-refractivity contribution in [1.82, 2.24) is 0 Å². The summed E-state index contributed by atoms with van der Waals surface area (Å²) in [6.07, 6.45) is -0.666. The second-order valence-electron chi connectivity index (χ2n) is 4.10. The Labute approximate surface area is 94.1 Å². The number of nitrogens with two attached hydrogens (primary N) is 1. The zero-order chi connectivity index (χ0) is 11.9. The number of aryl methyl sites for hydroxylation is 3. The van der Waals surface area contributed by atoms with E-state index >= 15 is 0 Å². The second kappa shape index (κ2) is 3.63. The predicted molar refractivity (Wildman–Crippen MR) is 61.1 cm³/mol. The minimum atomic E-state index is -0.666. The van der Waals surface area contributed by atoms with Crippen LogP contribution in [0.4, 0.5) is 0 Å². The monoisotopic (exact) mass is 218 g/mol. The molecule has 1 atom stereocenters. The van der Waals surface area contributed by atoms with Gasteiger partial charge in [0.2, 0.25) is 6.10 Å². The molecular formula is C12H14N2O2. The van der Waals surface area contributed by atoms with Crippen LogP contribution in [-0.4, -0.2) is 11.9 Å². The average Bonchev–Trinajstić information content (AvgIpc) is 2.43. The molecular weight excluding hydrogens is 204 g/mol. The van der Waals surface area contributed by atoms with Crippen LogP contribution < -0.4 is 5.73 Å². The van der Waals surface area contributed by atoms with Crippen LogP contribution in [0, 0.1) is 20.8 Å². The number of nitrogens with zero attached hydrogens (tertiary/aromatic N) is 1. The molecule has 0 spiro atoms. The lowest BCUT2D eigenvalue weighted by Crippen LogP contribution is -2.15. The van der Waals surface area contributed by atoms with Crippen molar-refractivity contribution >= 4 is 11.9 Å². The zero-order valence-corrected chi connectivity index (χ0v) is 9.57. The van der Waals surface area contributed by atoms with E-state index in [0.717, 1.165) is 22.3 Å². The van der Waals surface area contributed by atoms with Gasteiger partial charge in [-0.3, -0.25) is 4.79 Å².